The van der Waals surface area contributed by atoms with E-state index in [0.717, 1.165) is 41.8 Å². The fraction of sp³-hybridized carbons (Fsp3) is 0.130. The Kier molecular flexibility index (Phi) is 6.20. The second-order valence-corrected chi connectivity index (χ2v) is 6.70. The van der Waals surface area contributed by atoms with Gasteiger partial charge in [0.25, 0.3) is 5.91 Å². The molecule has 0 bridgehead atoms. The molecule has 0 unspecified atom stereocenters. The number of carboxylic acids is 1. The van der Waals surface area contributed by atoms with Crippen molar-refractivity contribution in [3.8, 4) is 0 Å². The third-order valence-electron chi connectivity index (χ3n) is 4.58. The number of hydrogen-bond acceptors (Lipinski definition) is 2. The highest BCUT2D eigenvalue weighted by molar-refractivity contribution is 6.07. The Morgan fingerprint density at radius 3 is 2.07 bits per heavy atom. The quantitative estimate of drug-likeness (QED) is 0.565. The summed E-state index contributed by atoms with van der Waals surface area (Å²) in [4.78, 5) is 24.0. The number of carbonyl (C=O) groups is 2. The summed E-state index contributed by atoms with van der Waals surface area (Å²) in [7, 11) is 0. The summed E-state index contributed by atoms with van der Waals surface area (Å²) in [5, 5.41) is 11.9. The van der Waals surface area contributed by atoms with Gasteiger partial charge < -0.3 is 10.4 Å². The largest absolute Gasteiger partial charge is 0.478 e. The van der Waals surface area contributed by atoms with E-state index in [-0.39, 0.29) is 16.8 Å². The average Bonchev–Trinajstić information content (AvgIpc) is 2.72. The molecule has 0 spiro atoms. The highest BCUT2D eigenvalue weighted by atomic mass is 19.4. The molecule has 3 aromatic carbocycles. The van der Waals surface area contributed by atoms with Crippen molar-refractivity contribution >= 4 is 17.6 Å². The van der Waals surface area contributed by atoms with E-state index in [1.165, 1.54) is 6.07 Å². The molecule has 0 aliphatic heterocycles. The minimum absolute atomic E-state index is 0.00553. The normalized spacial score (nSPS) is 11.2. The van der Waals surface area contributed by atoms with Crippen molar-refractivity contribution in [2.24, 2.45) is 0 Å². The second-order valence-electron chi connectivity index (χ2n) is 6.70. The van der Waals surface area contributed by atoms with Gasteiger partial charge in [0.15, 0.2) is 0 Å². The van der Waals surface area contributed by atoms with Crippen LogP contribution in [0.2, 0.25) is 0 Å². The molecule has 154 valence electrons. The third kappa shape index (κ3) is 5.26. The summed E-state index contributed by atoms with van der Waals surface area (Å²) in [5.74, 6) is -1.90. The molecule has 4 nitrogen and oxygen atoms in total. The molecule has 0 saturated heterocycles. The molecule has 0 atom stereocenters. The molecule has 0 heterocycles. The van der Waals surface area contributed by atoms with Gasteiger partial charge >= 0.3 is 12.1 Å². The van der Waals surface area contributed by atoms with Gasteiger partial charge in [-0.2, -0.15) is 13.2 Å². The Balaban J connectivity index is 1.79. The second kappa shape index (κ2) is 8.82. The molecule has 0 fully saturated rings. The lowest BCUT2D eigenvalue weighted by Crippen LogP contribution is -2.15. The predicted octanol–water partition coefficient (Wildman–Crippen LogP) is 5.44. The molecule has 7 heteroatoms. The molecule has 0 aliphatic carbocycles. The number of anilines is 1. The Labute approximate surface area is 171 Å². The lowest BCUT2D eigenvalue weighted by atomic mass is 10.0. The van der Waals surface area contributed by atoms with Crippen LogP contribution in [0.1, 0.15) is 37.4 Å². The summed E-state index contributed by atoms with van der Waals surface area (Å²) >= 11 is 0. The van der Waals surface area contributed by atoms with Gasteiger partial charge in [-0.1, -0.05) is 36.4 Å². The number of carbonyl (C=O) groups excluding carboxylic acids is 1. The Hall–Kier alpha value is -3.61. The lowest BCUT2D eigenvalue weighted by molar-refractivity contribution is -0.137. The van der Waals surface area contributed by atoms with E-state index in [2.05, 4.69) is 5.32 Å². The van der Waals surface area contributed by atoms with Crippen LogP contribution in [-0.2, 0) is 19.0 Å². The highest BCUT2D eigenvalue weighted by Crippen LogP contribution is 2.29. The molecular formula is C23H18F3NO3. The standard InChI is InChI=1S/C23H18F3NO3/c24-23(25,26)18-11-9-17(10-12-18)21(28)27-20-14-16(8-13-19(20)22(29)30)7-6-15-4-2-1-3-5-15/h1-5,8-14H,6-7H2,(H,27,28)(H,29,30). The van der Waals surface area contributed by atoms with Crippen molar-refractivity contribution in [1.82, 2.24) is 0 Å². The number of alkyl halides is 3. The molecule has 2 N–H and O–H groups in total. The van der Waals surface area contributed by atoms with Crippen LogP contribution in [0.15, 0.2) is 72.8 Å². The van der Waals surface area contributed by atoms with Crippen molar-refractivity contribution < 1.29 is 27.9 Å². The molecular weight excluding hydrogens is 395 g/mol. The summed E-state index contributed by atoms with van der Waals surface area (Å²) in [6.07, 6.45) is -3.13. The molecule has 0 aliphatic rings. The minimum atomic E-state index is -4.50. The highest BCUT2D eigenvalue weighted by Gasteiger charge is 2.30. The van der Waals surface area contributed by atoms with Crippen LogP contribution in [0.3, 0.4) is 0 Å². The fourth-order valence-electron chi connectivity index (χ4n) is 2.98. The number of carboxylic acid groups (broad SMARTS) is 1. The lowest BCUT2D eigenvalue weighted by Gasteiger charge is -2.12. The number of halogens is 3. The van der Waals surface area contributed by atoms with Gasteiger partial charge in [-0.05, 0) is 60.4 Å². The summed E-state index contributed by atoms with van der Waals surface area (Å²) in [5.41, 5.74) is 1.07. The molecule has 1 amide bonds. The number of aromatic carboxylic acids is 1. The van der Waals surface area contributed by atoms with E-state index in [0.29, 0.717) is 6.42 Å². The van der Waals surface area contributed by atoms with Gasteiger partial charge in [-0.3, -0.25) is 4.79 Å². The van der Waals surface area contributed by atoms with E-state index in [1.807, 2.05) is 30.3 Å². The molecule has 3 rings (SSSR count). The number of hydrogen-bond donors (Lipinski definition) is 2. The first kappa shape index (κ1) is 21.1. The van der Waals surface area contributed by atoms with E-state index in [1.54, 1.807) is 12.1 Å². The van der Waals surface area contributed by atoms with Crippen molar-refractivity contribution in [2.75, 3.05) is 5.32 Å². The summed E-state index contributed by atoms with van der Waals surface area (Å²) < 4.78 is 38.0. The molecule has 30 heavy (non-hydrogen) atoms. The predicted molar refractivity (Wildman–Crippen MR) is 107 cm³/mol. The van der Waals surface area contributed by atoms with E-state index in [9.17, 15) is 27.9 Å². The van der Waals surface area contributed by atoms with E-state index >= 15 is 0 Å². The van der Waals surface area contributed by atoms with Crippen LogP contribution in [0, 0.1) is 0 Å². The summed E-state index contributed by atoms with van der Waals surface area (Å²) in [6.45, 7) is 0. The van der Waals surface area contributed by atoms with Crippen molar-refractivity contribution in [3.63, 3.8) is 0 Å². The Bertz CT molecular complexity index is 1050. The average molecular weight is 413 g/mol. The maximum Gasteiger partial charge on any atom is 0.416 e. The van der Waals surface area contributed by atoms with Crippen LogP contribution in [0.4, 0.5) is 18.9 Å². The van der Waals surface area contributed by atoms with Gasteiger partial charge in [-0.15, -0.1) is 0 Å². The van der Waals surface area contributed by atoms with E-state index in [4.69, 9.17) is 0 Å². The van der Waals surface area contributed by atoms with Gasteiger partial charge in [-0.25, -0.2) is 4.79 Å². The maximum absolute atomic E-state index is 12.7. The fourth-order valence-corrected chi connectivity index (χ4v) is 2.98. The molecule has 3 aromatic rings. The molecule has 0 radical (unpaired) electrons. The zero-order valence-corrected chi connectivity index (χ0v) is 15.7. The third-order valence-corrected chi connectivity index (χ3v) is 4.58. The first-order valence-electron chi connectivity index (χ1n) is 9.13. The van der Waals surface area contributed by atoms with Crippen molar-refractivity contribution in [1.29, 1.82) is 0 Å². The first-order chi connectivity index (χ1) is 14.2. The van der Waals surface area contributed by atoms with Crippen LogP contribution in [-0.4, -0.2) is 17.0 Å². The Morgan fingerprint density at radius 1 is 0.833 bits per heavy atom. The topological polar surface area (TPSA) is 66.4 Å². The van der Waals surface area contributed by atoms with Gasteiger partial charge in [0.1, 0.15) is 0 Å². The molecule has 0 aromatic heterocycles. The maximum atomic E-state index is 12.7. The van der Waals surface area contributed by atoms with Crippen LogP contribution in [0.25, 0.3) is 0 Å². The van der Waals surface area contributed by atoms with Crippen LogP contribution < -0.4 is 5.32 Å². The zero-order chi connectivity index (χ0) is 21.7. The number of aryl methyl sites for hydroxylation is 2. The van der Waals surface area contributed by atoms with Crippen LogP contribution >= 0.6 is 0 Å². The number of benzene rings is 3. The van der Waals surface area contributed by atoms with Gasteiger partial charge in [0, 0.05) is 5.56 Å². The number of rotatable bonds is 6. The van der Waals surface area contributed by atoms with Crippen molar-refractivity contribution in [2.45, 2.75) is 19.0 Å². The smallest absolute Gasteiger partial charge is 0.416 e. The number of amides is 1. The summed E-state index contributed by atoms with van der Waals surface area (Å²) in [6, 6.07) is 18.1. The van der Waals surface area contributed by atoms with Crippen LogP contribution in [0.5, 0.6) is 0 Å². The van der Waals surface area contributed by atoms with E-state index < -0.39 is 23.6 Å². The number of nitrogens with one attached hydrogen (secondary N) is 1. The van der Waals surface area contributed by atoms with Crippen molar-refractivity contribution in [3.05, 3.63) is 101 Å². The minimum Gasteiger partial charge on any atom is -0.478 e. The SMILES string of the molecule is O=C(Nc1cc(CCc2ccccc2)ccc1C(=O)O)c1ccc(C(F)(F)F)cc1. The Morgan fingerprint density at radius 2 is 1.47 bits per heavy atom. The van der Waals surface area contributed by atoms with Gasteiger partial charge in [0.05, 0.1) is 16.8 Å². The van der Waals surface area contributed by atoms with Gasteiger partial charge in [0.2, 0.25) is 0 Å². The monoisotopic (exact) mass is 413 g/mol. The first-order valence-corrected chi connectivity index (χ1v) is 9.13. The molecule has 0 saturated carbocycles. The zero-order valence-electron chi connectivity index (χ0n) is 15.7.